The van der Waals surface area contributed by atoms with Crippen LogP contribution in [0.5, 0.6) is 0 Å². The fourth-order valence-electron chi connectivity index (χ4n) is 2.47. The number of aliphatic hydroxyl groups is 1. The van der Waals surface area contributed by atoms with Gasteiger partial charge in [0.2, 0.25) is 0 Å². The van der Waals surface area contributed by atoms with Crippen LogP contribution in [0, 0.1) is 3.57 Å². The van der Waals surface area contributed by atoms with Crippen molar-refractivity contribution in [2.75, 3.05) is 6.61 Å². The van der Waals surface area contributed by atoms with Gasteiger partial charge in [-0.05, 0) is 75.7 Å². The highest BCUT2D eigenvalue weighted by Gasteiger charge is 2.23. The summed E-state index contributed by atoms with van der Waals surface area (Å²) in [7, 11) is 0. The summed E-state index contributed by atoms with van der Waals surface area (Å²) < 4.78 is 1.22. The highest BCUT2D eigenvalue weighted by molar-refractivity contribution is 14.1. The van der Waals surface area contributed by atoms with Crippen LogP contribution in [0.2, 0.25) is 0 Å². The Morgan fingerprint density at radius 2 is 1.55 bits per heavy atom. The third-order valence-electron chi connectivity index (χ3n) is 3.72. The zero-order chi connectivity index (χ0) is 13.9. The van der Waals surface area contributed by atoms with E-state index in [1.54, 1.807) is 0 Å². The SMILES string of the molecule is OC/C=C(\c1ccc(I)cc1)c1ccc(C2CC2)cc1. The minimum Gasteiger partial charge on any atom is -0.392 e. The lowest BCUT2D eigenvalue weighted by Crippen LogP contribution is -1.91. The Morgan fingerprint density at radius 3 is 2.05 bits per heavy atom. The molecule has 2 heteroatoms. The molecule has 2 aromatic rings. The van der Waals surface area contributed by atoms with E-state index in [9.17, 15) is 5.11 Å². The van der Waals surface area contributed by atoms with Crippen LogP contribution in [0.4, 0.5) is 0 Å². The minimum absolute atomic E-state index is 0.0612. The zero-order valence-electron chi connectivity index (χ0n) is 11.2. The van der Waals surface area contributed by atoms with Gasteiger partial charge in [-0.1, -0.05) is 42.5 Å². The van der Waals surface area contributed by atoms with Gasteiger partial charge in [0, 0.05) is 3.57 Å². The van der Waals surface area contributed by atoms with Crippen LogP contribution >= 0.6 is 22.6 Å². The molecular weight excluding hydrogens is 359 g/mol. The molecule has 0 radical (unpaired) electrons. The van der Waals surface area contributed by atoms with E-state index in [2.05, 4.69) is 71.1 Å². The molecule has 1 aliphatic carbocycles. The van der Waals surface area contributed by atoms with Gasteiger partial charge in [0.15, 0.2) is 0 Å². The number of halogens is 1. The monoisotopic (exact) mass is 376 g/mol. The van der Waals surface area contributed by atoms with Crippen LogP contribution in [0.1, 0.15) is 35.4 Å². The second-order valence-electron chi connectivity index (χ2n) is 5.20. The molecule has 1 nitrogen and oxygen atoms in total. The van der Waals surface area contributed by atoms with Crippen molar-refractivity contribution < 1.29 is 5.11 Å². The Labute approximate surface area is 133 Å². The van der Waals surface area contributed by atoms with E-state index in [4.69, 9.17) is 0 Å². The number of aliphatic hydroxyl groups excluding tert-OH is 1. The lowest BCUT2D eigenvalue weighted by atomic mass is 9.96. The summed E-state index contributed by atoms with van der Waals surface area (Å²) >= 11 is 2.31. The standard InChI is InChI=1S/C18H17IO/c19-17-9-7-16(8-10-17)18(11-12-20)15-5-3-14(4-6-15)13-1-2-13/h3-11,13,20H,1-2,12H2/b18-11-. The van der Waals surface area contributed by atoms with Crippen molar-refractivity contribution in [3.8, 4) is 0 Å². The van der Waals surface area contributed by atoms with Gasteiger partial charge in [0.1, 0.15) is 0 Å². The van der Waals surface area contributed by atoms with E-state index in [1.807, 2.05) is 6.08 Å². The number of benzene rings is 2. The minimum atomic E-state index is 0.0612. The maximum Gasteiger partial charge on any atom is 0.0621 e. The molecule has 0 aromatic heterocycles. The zero-order valence-corrected chi connectivity index (χ0v) is 13.4. The number of rotatable bonds is 4. The number of hydrogen-bond donors (Lipinski definition) is 1. The lowest BCUT2D eigenvalue weighted by Gasteiger charge is -2.09. The van der Waals surface area contributed by atoms with Crippen LogP contribution in [0.25, 0.3) is 5.57 Å². The van der Waals surface area contributed by atoms with Crippen molar-refractivity contribution in [2.45, 2.75) is 18.8 Å². The van der Waals surface area contributed by atoms with E-state index >= 15 is 0 Å². The molecule has 1 saturated carbocycles. The Morgan fingerprint density at radius 1 is 1.00 bits per heavy atom. The van der Waals surface area contributed by atoms with E-state index in [0.717, 1.165) is 17.1 Å². The second kappa shape index (κ2) is 6.10. The van der Waals surface area contributed by atoms with Gasteiger partial charge >= 0.3 is 0 Å². The molecule has 3 rings (SSSR count). The summed E-state index contributed by atoms with van der Waals surface area (Å²) in [6.07, 6.45) is 4.54. The van der Waals surface area contributed by atoms with Crippen LogP contribution in [-0.2, 0) is 0 Å². The summed E-state index contributed by atoms with van der Waals surface area (Å²) in [4.78, 5) is 0. The molecule has 2 aromatic carbocycles. The van der Waals surface area contributed by atoms with Crippen molar-refractivity contribution in [3.05, 3.63) is 74.9 Å². The summed E-state index contributed by atoms with van der Waals surface area (Å²) in [5.74, 6) is 0.785. The quantitative estimate of drug-likeness (QED) is 0.774. The molecule has 0 atom stereocenters. The molecule has 1 aliphatic rings. The fourth-order valence-corrected chi connectivity index (χ4v) is 2.83. The normalized spacial score (nSPS) is 15.4. The molecule has 0 unspecified atom stereocenters. The molecule has 1 fully saturated rings. The maximum absolute atomic E-state index is 9.29. The van der Waals surface area contributed by atoms with Crippen molar-refractivity contribution in [3.63, 3.8) is 0 Å². The highest BCUT2D eigenvalue weighted by atomic mass is 127. The van der Waals surface area contributed by atoms with E-state index in [-0.39, 0.29) is 6.61 Å². The Kier molecular flexibility index (Phi) is 4.22. The predicted molar refractivity (Wildman–Crippen MR) is 91.7 cm³/mol. The summed E-state index contributed by atoms with van der Waals surface area (Å²) in [5, 5.41) is 9.29. The predicted octanol–water partition coefficient (Wildman–Crippen LogP) is 4.59. The van der Waals surface area contributed by atoms with E-state index in [0.29, 0.717) is 0 Å². The van der Waals surface area contributed by atoms with Gasteiger partial charge < -0.3 is 5.11 Å². The lowest BCUT2D eigenvalue weighted by molar-refractivity contribution is 0.343. The van der Waals surface area contributed by atoms with Crippen LogP contribution in [-0.4, -0.2) is 11.7 Å². The third kappa shape index (κ3) is 3.13. The molecule has 0 saturated heterocycles. The molecule has 1 N–H and O–H groups in total. The first kappa shape index (κ1) is 13.8. The first-order valence-corrected chi connectivity index (χ1v) is 8.03. The number of hydrogen-bond acceptors (Lipinski definition) is 1. The van der Waals surface area contributed by atoms with Gasteiger partial charge in [0.05, 0.1) is 6.61 Å². The van der Waals surface area contributed by atoms with Crippen molar-refractivity contribution >= 4 is 28.2 Å². The van der Waals surface area contributed by atoms with Gasteiger partial charge in [0.25, 0.3) is 0 Å². The van der Waals surface area contributed by atoms with Gasteiger partial charge in [-0.2, -0.15) is 0 Å². The van der Waals surface area contributed by atoms with Crippen molar-refractivity contribution in [2.24, 2.45) is 0 Å². The smallest absolute Gasteiger partial charge is 0.0621 e. The van der Waals surface area contributed by atoms with Crippen LogP contribution in [0.3, 0.4) is 0 Å². The maximum atomic E-state index is 9.29. The van der Waals surface area contributed by atoms with Gasteiger partial charge in [-0.3, -0.25) is 0 Å². The molecular formula is C18H17IO. The Bertz CT molecular complexity index is 607. The molecule has 20 heavy (non-hydrogen) atoms. The highest BCUT2D eigenvalue weighted by Crippen LogP contribution is 2.40. The average molecular weight is 376 g/mol. The van der Waals surface area contributed by atoms with Crippen molar-refractivity contribution in [1.29, 1.82) is 0 Å². The molecule has 0 spiro atoms. The Hall–Kier alpha value is -1.13. The molecule has 0 heterocycles. The first-order chi connectivity index (χ1) is 9.78. The van der Waals surface area contributed by atoms with Crippen LogP contribution < -0.4 is 0 Å². The van der Waals surface area contributed by atoms with E-state index < -0.39 is 0 Å². The summed E-state index contributed by atoms with van der Waals surface area (Å²) in [5.41, 5.74) is 4.87. The average Bonchev–Trinajstić information content (AvgIpc) is 3.31. The largest absolute Gasteiger partial charge is 0.392 e. The van der Waals surface area contributed by atoms with Gasteiger partial charge in [-0.15, -0.1) is 0 Å². The first-order valence-electron chi connectivity index (χ1n) is 6.95. The van der Waals surface area contributed by atoms with Crippen LogP contribution in [0.15, 0.2) is 54.6 Å². The third-order valence-corrected chi connectivity index (χ3v) is 4.44. The fraction of sp³-hybridized carbons (Fsp3) is 0.222. The molecule has 0 aliphatic heterocycles. The molecule has 0 bridgehead atoms. The molecule has 0 amide bonds. The molecule has 102 valence electrons. The van der Waals surface area contributed by atoms with E-state index in [1.165, 1.54) is 27.5 Å². The van der Waals surface area contributed by atoms with Crippen molar-refractivity contribution in [1.82, 2.24) is 0 Å². The second-order valence-corrected chi connectivity index (χ2v) is 6.45. The summed E-state index contributed by atoms with van der Waals surface area (Å²) in [6, 6.07) is 17.2. The topological polar surface area (TPSA) is 20.2 Å². The Balaban J connectivity index is 1.93. The summed E-state index contributed by atoms with van der Waals surface area (Å²) in [6.45, 7) is 0.0612. The van der Waals surface area contributed by atoms with Gasteiger partial charge in [-0.25, -0.2) is 0 Å².